The van der Waals surface area contributed by atoms with E-state index >= 15 is 0 Å². The number of phenolic OH excluding ortho intramolecular Hbond substituents is 1. The van der Waals surface area contributed by atoms with Crippen molar-refractivity contribution in [3.63, 3.8) is 0 Å². The minimum Gasteiger partial charge on any atom is -0.506 e. The first-order valence-electron chi connectivity index (χ1n) is 27.1. The van der Waals surface area contributed by atoms with Crippen LogP contribution in [0.5, 0.6) is 5.75 Å². The van der Waals surface area contributed by atoms with Crippen LogP contribution in [0.15, 0.2) is 42.5 Å². The van der Waals surface area contributed by atoms with Crippen LogP contribution in [0.25, 0.3) is 16.7 Å². The second-order valence-electron chi connectivity index (χ2n) is 27.3. The molecule has 4 aliphatic heterocycles. The molecule has 4 aliphatic rings. The first kappa shape index (κ1) is 61.4. The SMILES string of the molecule is CC1(C)CC(OC(=O)CC(C(=O)OC2CC(C)(C)N(O)C(C)(C)C2)C(CC(=O)OC2CC(C)(C)N(O)C(C)(C)C2)C(=O)OC2CC(C)(C)N(O)C(C)(C)C2)CC(C)(C)N1O.Cc1ccc(O)c(-n2nc3ccccc3n2)c1. The van der Waals surface area contributed by atoms with Crippen molar-refractivity contribution in [3.05, 3.63) is 48.0 Å². The standard InChI is InChI=1S/C44H78N4O12.C13H11N3O/c1-37(2)19-27(20-38(3,4)45(37)53)57-33(49)17-31(35(51)59-29-23-41(9,10)47(55)42(11,12)24-29)32(36(52)60-30-25-43(13,14)48(56)44(15,16)26-30)18-34(50)58-28-21-39(5,6)46(54)40(7,8)22-28;1-9-6-7-13(17)12(8-9)16-14-10-4-2-3-5-11(10)15-16/h27-32,53-56H,17-26H2,1-16H3;2-8,17H,1H3. The van der Waals surface area contributed by atoms with E-state index in [4.69, 9.17) is 18.9 Å². The van der Waals surface area contributed by atoms with Gasteiger partial charge in [0.2, 0.25) is 0 Å². The normalized spacial score (nSPS) is 24.4. The Bertz CT molecular complexity index is 2400. The number of hydrogen-bond acceptors (Lipinski definition) is 19. The first-order chi connectivity index (χ1) is 35.2. The Morgan fingerprint density at radius 1 is 0.481 bits per heavy atom. The van der Waals surface area contributed by atoms with Crippen molar-refractivity contribution in [2.75, 3.05) is 0 Å². The van der Waals surface area contributed by atoms with Gasteiger partial charge in [-0.05, 0) is 148 Å². The number of aryl methyl sites for hydroxylation is 1. The zero-order valence-corrected chi connectivity index (χ0v) is 48.7. The van der Waals surface area contributed by atoms with Gasteiger partial charge < -0.3 is 44.9 Å². The van der Waals surface area contributed by atoms with Crippen LogP contribution in [-0.4, -0.2) is 154 Å². The number of ether oxygens (including phenoxy) is 4. The molecule has 4 saturated heterocycles. The van der Waals surface area contributed by atoms with Gasteiger partial charge in [0.05, 0.1) is 24.7 Å². The number of carbonyl (C=O) groups is 4. The van der Waals surface area contributed by atoms with E-state index in [0.29, 0.717) is 31.4 Å². The maximum atomic E-state index is 14.7. The summed E-state index contributed by atoms with van der Waals surface area (Å²) in [6.07, 6.45) is -1.77. The minimum atomic E-state index is -1.54. The molecule has 2 unspecified atom stereocenters. The molecule has 7 rings (SSSR count). The minimum absolute atomic E-state index is 0.177. The summed E-state index contributed by atoms with van der Waals surface area (Å²) >= 11 is 0. The summed E-state index contributed by atoms with van der Waals surface area (Å²) < 4.78 is 24.4. The van der Waals surface area contributed by atoms with Crippen LogP contribution in [0, 0.1) is 18.8 Å². The van der Waals surface area contributed by atoms with Gasteiger partial charge in [-0.2, -0.15) is 20.3 Å². The van der Waals surface area contributed by atoms with Gasteiger partial charge in [0.1, 0.15) is 46.9 Å². The third kappa shape index (κ3) is 14.2. The zero-order chi connectivity index (χ0) is 57.8. The maximum Gasteiger partial charge on any atom is 0.310 e. The molecule has 5 heterocycles. The van der Waals surface area contributed by atoms with E-state index in [1.165, 1.54) is 25.0 Å². The number of hydrogen-bond donors (Lipinski definition) is 5. The second kappa shape index (κ2) is 22.0. The average Bonchev–Trinajstić information content (AvgIpc) is 3.71. The number of rotatable bonds is 12. The van der Waals surface area contributed by atoms with Crippen LogP contribution in [0.2, 0.25) is 0 Å². The smallest absolute Gasteiger partial charge is 0.310 e. The summed E-state index contributed by atoms with van der Waals surface area (Å²) in [4.78, 5) is 59.0. The molecule has 2 aromatic carbocycles. The molecule has 77 heavy (non-hydrogen) atoms. The van der Waals surface area contributed by atoms with Crippen molar-refractivity contribution in [3.8, 4) is 11.4 Å². The van der Waals surface area contributed by atoms with Crippen LogP contribution in [-0.2, 0) is 38.1 Å². The molecule has 0 amide bonds. The highest BCUT2D eigenvalue weighted by atomic mass is 16.6. The van der Waals surface area contributed by atoms with E-state index in [0.717, 1.165) is 16.6 Å². The third-order valence-corrected chi connectivity index (χ3v) is 16.1. The summed E-state index contributed by atoms with van der Waals surface area (Å²) in [5, 5.41) is 67.2. The lowest BCUT2D eigenvalue weighted by Crippen LogP contribution is -2.61. The summed E-state index contributed by atoms with van der Waals surface area (Å²) in [5.74, 6) is -6.26. The predicted octanol–water partition coefficient (Wildman–Crippen LogP) is 9.25. The Kier molecular flexibility index (Phi) is 17.6. The highest BCUT2D eigenvalue weighted by Crippen LogP contribution is 2.43. The number of esters is 4. The molecule has 2 atom stereocenters. The van der Waals surface area contributed by atoms with E-state index in [1.807, 2.05) is 154 Å². The van der Waals surface area contributed by atoms with E-state index in [2.05, 4.69) is 10.2 Å². The first-order valence-corrected chi connectivity index (χ1v) is 27.1. The predicted molar refractivity (Wildman–Crippen MR) is 285 cm³/mol. The van der Waals surface area contributed by atoms with Crippen molar-refractivity contribution in [1.82, 2.24) is 35.2 Å². The quantitative estimate of drug-likeness (QED) is 0.0837. The lowest BCUT2D eigenvalue weighted by Gasteiger charge is -2.51. The van der Waals surface area contributed by atoms with Crippen LogP contribution < -0.4 is 0 Å². The van der Waals surface area contributed by atoms with Gasteiger partial charge in [-0.25, -0.2) is 0 Å². The summed E-state index contributed by atoms with van der Waals surface area (Å²) in [6, 6.07) is 13.0. The van der Waals surface area contributed by atoms with Crippen LogP contribution in [0.3, 0.4) is 0 Å². The number of carbonyl (C=O) groups excluding carboxylic acids is 4. The van der Waals surface area contributed by atoms with Gasteiger partial charge >= 0.3 is 23.9 Å². The Morgan fingerprint density at radius 2 is 0.753 bits per heavy atom. The van der Waals surface area contributed by atoms with Crippen molar-refractivity contribution in [2.24, 2.45) is 11.8 Å². The van der Waals surface area contributed by atoms with Crippen LogP contribution in [0.1, 0.15) is 181 Å². The number of benzene rings is 2. The van der Waals surface area contributed by atoms with Crippen LogP contribution in [0.4, 0.5) is 0 Å². The lowest BCUT2D eigenvalue weighted by molar-refractivity contribution is -0.262. The Morgan fingerprint density at radius 3 is 1.04 bits per heavy atom. The van der Waals surface area contributed by atoms with Gasteiger partial charge in [-0.1, -0.05) is 18.2 Å². The molecular weight excluding hydrogens is 991 g/mol. The topological polar surface area (TPSA) is 250 Å². The molecule has 0 saturated carbocycles. The van der Waals surface area contributed by atoms with E-state index in [1.54, 1.807) is 6.07 Å². The van der Waals surface area contributed by atoms with Crippen molar-refractivity contribution < 1.29 is 64.1 Å². The Balaban J connectivity index is 0.000000471. The molecule has 20 heteroatoms. The molecule has 430 valence electrons. The summed E-state index contributed by atoms with van der Waals surface area (Å²) in [6.45, 7) is 31.3. The second-order valence-corrected chi connectivity index (χ2v) is 27.3. The largest absolute Gasteiger partial charge is 0.506 e. The number of nitrogens with zero attached hydrogens (tertiary/aromatic N) is 7. The average molecular weight is 1080 g/mol. The highest BCUT2D eigenvalue weighted by molar-refractivity contribution is 5.89. The van der Waals surface area contributed by atoms with Crippen molar-refractivity contribution in [1.29, 1.82) is 0 Å². The molecular formula is C57H89N7O13. The Hall–Kier alpha value is -4.80. The third-order valence-electron chi connectivity index (χ3n) is 16.1. The van der Waals surface area contributed by atoms with Gasteiger partial charge in [0.25, 0.3) is 0 Å². The fraction of sp³-hybridized carbons (Fsp3) is 0.719. The molecule has 0 bridgehead atoms. The summed E-state index contributed by atoms with van der Waals surface area (Å²) in [5.41, 5.74) is -2.88. The number of aromatic nitrogens is 3. The van der Waals surface area contributed by atoms with E-state index in [9.17, 15) is 45.1 Å². The fourth-order valence-electron chi connectivity index (χ4n) is 12.9. The molecule has 4 fully saturated rings. The molecule has 5 N–H and O–H groups in total. The molecule has 1 aromatic heterocycles. The van der Waals surface area contributed by atoms with Crippen molar-refractivity contribution in [2.45, 2.75) is 251 Å². The highest BCUT2D eigenvalue weighted by Gasteiger charge is 2.52. The molecule has 0 spiro atoms. The van der Waals surface area contributed by atoms with E-state index in [-0.39, 0.29) is 31.4 Å². The number of aromatic hydroxyl groups is 1. The van der Waals surface area contributed by atoms with Gasteiger partial charge in [-0.3, -0.25) is 19.2 Å². The molecule has 20 nitrogen and oxygen atoms in total. The van der Waals surface area contributed by atoms with Crippen LogP contribution >= 0.6 is 0 Å². The molecule has 3 aromatic rings. The lowest BCUT2D eigenvalue weighted by atomic mass is 9.79. The number of fused-ring (bicyclic) bond motifs is 1. The number of piperidine rings is 4. The summed E-state index contributed by atoms with van der Waals surface area (Å²) in [7, 11) is 0. The van der Waals surface area contributed by atoms with Gasteiger partial charge in [-0.15, -0.1) is 15.0 Å². The van der Waals surface area contributed by atoms with E-state index < -0.39 is 117 Å². The van der Waals surface area contributed by atoms with Crippen molar-refractivity contribution >= 4 is 34.9 Å². The Labute approximate surface area is 454 Å². The fourth-order valence-corrected chi connectivity index (χ4v) is 12.9. The maximum absolute atomic E-state index is 14.7. The monoisotopic (exact) mass is 1080 g/mol. The molecule has 0 aliphatic carbocycles. The number of hydroxylamine groups is 8. The molecule has 0 radical (unpaired) electrons. The van der Waals surface area contributed by atoms with Gasteiger partial charge in [0, 0.05) is 95.7 Å². The van der Waals surface area contributed by atoms with Gasteiger partial charge in [0.15, 0.2) is 0 Å². The zero-order valence-electron chi connectivity index (χ0n) is 48.7. The number of phenols is 1.